The van der Waals surface area contributed by atoms with E-state index in [0.717, 1.165) is 0 Å². The molecule has 1 amide bonds. The van der Waals surface area contributed by atoms with Gasteiger partial charge in [0.05, 0.1) is 18.5 Å². The molecule has 1 aliphatic rings. The fraction of sp³-hybridized carbons (Fsp3) is 0.273. The molecule has 0 aliphatic carbocycles. The lowest BCUT2D eigenvalue weighted by Crippen LogP contribution is -2.24. The maximum atomic E-state index is 11.6. The summed E-state index contributed by atoms with van der Waals surface area (Å²) in [5.41, 5.74) is 0.929. The van der Waals surface area contributed by atoms with E-state index in [0.29, 0.717) is 30.0 Å². The number of nitrogens with one attached hydrogen (secondary N) is 1. The second-order valence-corrected chi connectivity index (χ2v) is 3.47. The Bertz CT molecular complexity index is 442. The van der Waals surface area contributed by atoms with E-state index < -0.39 is 5.97 Å². The van der Waals surface area contributed by atoms with Gasteiger partial charge in [0.15, 0.2) is 0 Å². The summed E-state index contributed by atoms with van der Waals surface area (Å²) in [5.74, 6) is -0.777. The molecule has 5 nitrogen and oxygen atoms in total. The smallest absolute Gasteiger partial charge is 0.307 e. The molecule has 2 N–H and O–H groups in total. The first-order valence-corrected chi connectivity index (χ1v) is 4.93. The van der Waals surface area contributed by atoms with Crippen molar-refractivity contribution in [2.45, 2.75) is 6.42 Å². The molecule has 16 heavy (non-hydrogen) atoms. The van der Waals surface area contributed by atoms with Gasteiger partial charge in [-0.3, -0.25) is 9.59 Å². The Morgan fingerprint density at radius 2 is 2.31 bits per heavy atom. The summed E-state index contributed by atoms with van der Waals surface area (Å²) >= 11 is 0. The molecule has 1 aromatic rings. The third kappa shape index (κ3) is 1.98. The molecule has 0 bridgehead atoms. The Morgan fingerprint density at radius 3 is 3.06 bits per heavy atom. The Labute approximate surface area is 92.0 Å². The molecule has 0 saturated heterocycles. The molecular weight excluding hydrogens is 210 g/mol. The van der Waals surface area contributed by atoms with Gasteiger partial charge >= 0.3 is 5.97 Å². The number of para-hydroxylation sites is 1. The summed E-state index contributed by atoms with van der Waals surface area (Å²) in [6.07, 6.45) is -0.142. The SMILES string of the molecule is O=C(O)Cc1cccc2c1OCCNC2=O. The Hall–Kier alpha value is -2.04. The molecule has 0 saturated carbocycles. The Balaban J connectivity index is 2.44. The number of carboxylic acids is 1. The van der Waals surface area contributed by atoms with Crippen molar-refractivity contribution in [2.24, 2.45) is 0 Å². The lowest BCUT2D eigenvalue weighted by molar-refractivity contribution is -0.136. The van der Waals surface area contributed by atoms with Crippen molar-refractivity contribution in [3.63, 3.8) is 0 Å². The highest BCUT2D eigenvalue weighted by Crippen LogP contribution is 2.25. The quantitative estimate of drug-likeness (QED) is 0.759. The lowest BCUT2D eigenvalue weighted by atomic mass is 10.1. The third-order valence-corrected chi connectivity index (χ3v) is 2.32. The minimum atomic E-state index is -0.943. The number of aliphatic carboxylic acids is 1. The van der Waals surface area contributed by atoms with E-state index >= 15 is 0 Å². The lowest BCUT2D eigenvalue weighted by Gasteiger charge is -2.09. The summed E-state index contributed by atoms with van der Waals surface area (Å²) in [4.78, 5) is 22.3. The van der Waals surface area contributed by atoms with Crippen LogP contribution in [0.2, 0.25) is 0 Å². The van der Waals surface area contributed by atoms with Gasteiger partial charge in [-0.15, -0.1) is 0 Å². The first-order valence-electron chi connectivity index (χ1n) is 4.93. The average Bonchev–Trinajstić information content (AvgIpc) is 2.41. The summed E-state index contributed by atoms with van der Waals surface area (Å²) in [7, 11) is 0. The number of carbonyl (C=O) groups is 2. The number of carbonyl (C=O) groups excluding carboxylic acids is 1. The molecule has 1 aliphatic heterocycles. The molecule has 84 valence electrons. The van der Waals surface area contributed by atoms with Crippen LogP contribution < -0.4 is 10.1 Å². The molecule has 1 heterocycles. The maximum Gasteiger partial charge on any atom is 0.307 e. The van der Waals surface area contributed by atoms with Gasteiger partial charge in [0.1, 0.15) is 12.4 Å². The highest BCUT2D eigenvalue weighted by atomic mass is 16.5. The summed E-state index contributed by atoms with van der Waals surface area (Å²) in [6, 6.07) is 4.94. The molecule has 5 heteroatoms. The van der Waals surface area contributed by atoms with Crippen molar-refractivity contribution in [1.29, 1.82) is 0 Å². The summed E-state index contributed by atoms with van der Waals surface area (Å²) in [6.45, 7) is 0.787. The predicted molar refractivity (Wildman–Crippen MR) is 55.6 cm³/mol. The largest absolute Gasteiger partial charge is 0.491 e. The number of carboxylic acid groups (broad SMARTS) is 1. The number of benzene rings is 1. The van der Waals surface area contributed by atoms with Crippen molar-refractivity contribution in [3.8, 4) is 5.75 Å². The van der Waals surface area contributed by atoms with Crippen LogP contribution >= 0.6 is 0 Å². The highest BCUT2D eigenvalue weighted by molar-refractivity contribution is 5.98. The van der Waals surface area contributed by atoms with Gasteiger partial charge in [-0.2, -0.15) is 0 Å². The minimum absolute atomic E-state index is 0.142. The van der Waals surface area contributed by atoms with Crippen molar-refractivity contribution in [1.82, 2.24) is 5.32 Å². The molecule has 0 aromatic heterocycles. The second kappa shape index (κ2) is 4.22. The molecule has 0 unspecified atom stereocenters. The maximum absolute atomic E-state index is 11.6. The van der Waals surface area contributed by atoms with Crippen LogP contribution in [0.15, 0.2) is 18.2 Å². The zero-order chi connectivity index (χ0) is 11.5. The number of amides is 1. The molecular formula is C11H11NO4. The third-order valence-electron chi connectivity index (χ3n) is 2.32. The molecule has 0 spiro atoms. The number of hydrogen-bond donors (Lipinski definition) is 2. The van der Waals surface area contributed by atoms with Crippen molar-refractivity contribution >= 4 is 11.9 Å². The van der Waals surface area contributed by atoms with Gasteiger partial charge in [0.2, 0.25) is 0 Å². The highest BCUT2D eigenvalue weighted by Gasteiger charge is 2.19. The number of ether oxygens (including phenoxy) is 1. The Kier molecular flexibility index (Phi) is 2.76. The zero-order valence-corrected chi connectivity index (χ0v) is 8.53. The van der Waals surface area contributed by atoms with Gasteiger partial charge in [0, 0.05) is 5.56 Å². The van der Waals surface area contributed by atoms with Crippen molar-refractivity contribution < 1.29 is 19.4 Å². The van der Waals surface area contributed by atoms with E-state index in [1.807, 2.05) is 0 Å². The minimum Gasteiger partial charge on any atom is -0.491 e. The van der Waals surface area contributed by atoms with Gasteiger partial charge < -0.3 is 15.2 Å². The molecule has 2 rings (SSSR count). The number of fused-ring (bicyclic) bond motifs is 1. The molecule has 1 aromatic carbocycles. The monoisotopic (exact) mass is 221 g/mol. The number of hydrogen-bond acceptors (Lipinski definition) is 3. The topological polar surface area (TPSA) is 75.6 Å². The van der Waals surface area contributed by atoms with E-state index in [2.05, 4.69) is 5.32 Å². The Morgan fingerprint density at radius 1 is 1.50 bits per heavy atom. The predicted octanol–water partition coefficient (Wildman–Crippen LogP) is 0.436. The standard InChI is InChI=1S/C11H11NO4/c13-9(14)6-7-2-1-3-8-10(7)16-5-4-12-11(8)15/h1-3H,4-6H2,(H,12,15)(H,13,14). The fourth-order valence-electron chi connectivity index (χ4n) is 1.65. The van der Waals surface area contributed by atoms with Gasteiger partial charge in [-0.05, 0) is 6.07 Å². The first kappa shape index (κ1) is 10.5. The van der Waals surface area contributed by atoms with Crippen LogP contribution in [-0.4, -0.2) is 30.1 Å². The van der Waals surface area contributed by atoms with Crippen LogP contribution in [0.5, 0.6) is 5.75 Å². The van der Waals surface area contributed by atoms with Crippen LogP contribution in [0, 0.1) is 0 Å². The first-order chi connectivity index (χ1) is 7.68. The second-order valence-electron chi connectivity index (χ2n) is 3.47. The molecule has 0 fully saturated rings. The van der Waals surface area contributed by atoms with Gasteiger partial charge in [-0.25, -0.2) is 0 Å². The van der Waals surface area contributed by atoms with Crippen molar-refractivity contribution in [2.75, 3.05) is 13.2 Å². The van der Waals surface area contributed by atoms with E-state index in [-0.39, 0.29) is 12.3 Å². The van der Waals surface area contributed by atoms with E-state index in [1.54, 1.807) is 18.2 Å². The van der Waals surface area contributed by atoms with Crippen LogP contribution in [0.3, 0.4) is 0 Å². The molecule has 0 atom stereocenters. The van der Waals surface area contributed by atoms with E-state index in [4.69, 9.17) is 9.84 Å². The average molecular weight is 221 g/mol. The van der Waals surface area contributed by atoms with Crippen LogP contribution in [-0.2, 0) is 11.2 Å². The van der Waals surface area contributed by atoms with E-state index in [9.17, 15) is 9.59 Å². The van der Waals surface area contributed by atoms with Crippen LogP contribution in [0.4, 0.5) is 0 Å². The van der Waals surface area contributed by atoms with Crippen LogP contribution in [0.25, 0.3) is 0 Å². The van der Waals surface area contributed by atoms with Gasteiger partial charge in [0.25, 0.3) is 5.91 Å². The summed E-state index contributed by atoms with van der Waals surface area (Å²) in [5, 5.41) is 11.4. The van der Waals surface area contributed by atoms with Crippen molar-refractivity contribution in [3.05, 3.63) is 29.3 Å². The molecule has 0 radical (unpaired) electrons. The van der Waals surface area contributed by atoms with Crippen LogP contribution in [0.1, 0.15) is 15.9 Å². The normalized spacial score (nSPS) is 14.4. The number of rotatable bonds is 2. The summed E-state index contributed by atoms with van der Waals surface area (Å²) < 4.78 is 5.40. The van der Waals surface area contributed by atoms with Gasteiger partial charge in [-0.1, -0.05) is 12.1 Å². The van der Waals surface area contributed by atoms with E-state index in [1.165, 1.54) is 0 Å². The zero-order valence-electron chi connectivity index (χ0n) is 8.53. The fourth-order valence-corrected chi connectivity index (χ4v) is 1.65.